The van der Waals surface area contributed by atoms with Crippen LogP contribution in [0.15, 0.2) is 24.4 Å². The van der Waals surface area contributed by atoms with Gasteiger partial charge in [-0.2, -0.15) is 4.37 Å². The van der Waals surface area contributed by atoms with Gasteiger partial charge < -0.3 is 10.1 Å². The molecule has 0 bridgehead atoms. The Morgan fingerprint density at radius 3 is 3.15 bits per heavy atom. The van der Waals surface area contributed by atoms with Crippen LogP contribution in [0.3, 0.4) is 0 Å². The van der Waals surface area contributed by atoms with Crippen molar-refractivity contribution in [3.8, 4) is 0 Å². The van der Waals surface area contributed by atoms with Crippen LogP contribution in [0, 0.1) is 0 Å². The number of nitrogens with one attached hydrogen (secondary N) is 1. The lowest BCUT2D eigenvalue weighted by Crippen LogP contribution is -2.10. The number of fused-ring (bicyclic) bond motifs is 1. The lowest BCUT2D eigenvalue weighted by Gasteiger charge is -2.10. The van der Waals surface area contributed by atoms with Gasteiger partial charge in [0.1, 0.15) is 6.61 Å². The van der Waals surface area contributed by atoms with Crippen molar-refractivity contribution < 1.29 is 4.74 Å². The van der Waals surface area contributed by atoms with Crippen LogP contribution in [0.2, 0.25) is 0 Å². The SMILES string of the molecule is COCc1nsc(NC(C)c2nnc3ccccn23)n1. The van der Waals surface area contributed by atoms with Crippen molar-refractivity contribution in [2.45, 2.75) is 19.6 Å². The maximum Gasteiger partial charge on any atom is 0.203 e. The summed E-state index contributed by atoms with van der Waals surface area (Å²) >= 11 is 1.31. The molecule has 0 fully saturated rings. The van der Waals surface area contributed by atoms with Gasteiger partial charge in [0.25, 0.3) is 0 Å². The second kappa shape index (κ2) is 5.51. The first-order chi connectivity index (χ1) is 9.78. The molecule has 0 aliphatic rings. The Balaban J connectivity index is 1.79. The molecule has 1 N–H and O–H groups in total. The van der Waals surface area contributed by atoms with E-state index in [0.717, 1.165) is 16.6 Å². The minimum absolute atomic E-state index is 0.0178. The summed E-state index contributed by atoms with van der Waals surface area (Å²) in [6.45, 7) is 2.43. The zero-order valence-electron chi connectivity index (χ0n) is 11.1. The highest BCUT2D eigenvalue weighted by atomic mass is 32.1. The molecule has 3 aromatic heterocycles. The molecular weight excluding hydrogens is 276 g/mol. The van der Waals surface area contributed by atoms with E-state index in [-0.39, 0.29) is 6.04 Å². The maximum atomic E-state index is 5.00. The minimum Gasteiger partial charge on any atom is -0.377 e. The molecule has 3 rings (SSSR count). The third-order valence-corrected chi connectivity index (χ3v) is 3.49. The van der Waals surface area contributed by atoms with E-state index in [1.165, 1.54) is 11.5 Å². The molecule has 3 aromatic rings. The molecule has 0 saturated carbocycles. The number of rotatable bonds is 5. The van der Waals surface area contributed by atoms with Gasteiger partial charge in [-0.1, -0.05) is 6.07 Å². The monoisotopic (exact) mass is 290 g/mol. The number of hydrogen-bond acceptors (Lipinski definition) is 7. The fourth-order valence-corrected chi connectivity index (χ4v) is 2.57. The lowest BCUT2D eigenvalue weighted by atomic mass is 10.3. The summed E-state index contributed by atoms with van der Waals surface area (Å²) in [6.07, 6.45) is 1.94. The zero-order valence-corrected chi connectivity index (χ0v) is 12.0. The highest BCUT2D eigenvalue weighted by Gasteiger charge is 2.15. The number of ether oxygens (including phenoxy) is 1. The average molecular weight is 290 g/mol. The van der Waals surface area contributed by atoms with E-state index in [9.17, 15) is 0 Å². The van der Waals surface area contributed by atoms with Crippen molar-refractivity contribution in [2.24, 2.45) is 0 Å². The predicted octanol–water partition coefficient (Wildman–Crippen LogP) is 1.90. The molecule has 0 spiro atoms. The Kier molecular flexibility index (Phi) is 3.57. The van der Waals surface area contributed by atoms with Crippen molar-refractivity contribution in [3.63, 3.8) is 0 Å². The average Bonchev–Trinajstić information content (AvgIpc) is 3.06. The highest BCUT2D eigenvalue weighted by molar-refractivity contribution is 7.09. The summed E-state index contributed by atoms with van der Waals surface area (Å²) in [7, 11) is 1.62. The van der Waals surface area contributed by atoms with Crippen molar-refractivity contribution in [2.75, 3.05) is 12.4 Å². The number of aromatic nitrogens is 5. The van der Waals surface area contributed by atoms with Gasteiger partial charge in [0.2, 0.25) is 5.13 Å². The quantitative estimate of drug-likeness (QED) is 0.773. The number of anilines is 1. The summed E-state index contributed by atoms with van der Waals surface area (Å²) in [5.41, 5.74) is 0.827. The molecule has 3 heterocycles. The molecule has 104 valence electrons. The summed E-state index contributed by atoms with van der Waals surface area (Å²) < 4.78 is 11.2. The van der Waals surface area contributed by atoms with Gasteiger partial charge in [-0.05, 0) is 19.1 Å². The van der Waals surface area contributed by atoms with E-state index in [4.69, 9.17) is 4.74 Å². The molecule has 0 amide bonds. The Labute approximate surface area is 119 Å². The number of pyridine rings is 1. The van der Waals surface area contributed by atoms with E-state index in [1.807, 2.05) is 35.7 Å². The minimum atomic E-state index is -0.0178. The van der Waals surface area contributed by atoms with E-state index < -0.39 is 0 Å². The Bertz CT molecular complexity index is 709. The van der Waals surface area contributed by atoms with Gasteiger partial charge in [-0.3, -0.25) is 4.40 Å². The molecule has 1 unspecified atom stereocenters. The van der Waals surface area contributed by atoms with Crippen molar-refractivity contribution in [1.29, 1.82) is 0 Å². The van der Waals surface area contributed by atoms with Crippen LogP contribution in [0.4, 0.5) is 5.13 Å². The molecule has 0 aliphatic heterocycles. The summed E-state index contributed by atoms with van der Waals surface area (Å²) in [4.78, 5) is 4.34. The molecule has 0 radical (unpaired) electrons. The zero-order chi connectivity index (χ0) is 13.9. The Morgan fingerprint density at radius 1 is 1.40 bits per heavy atom. The summed E-state index contributed by atoms with van der Waals surface area (Å²) in [5, 5.41) is 12.4. The third kappa shape index (κ3) is 2.47. The first kappa shape index (κ1) is 12.9. The van der Waals surface area contributed by atoms with Crippen molar-refractivity contribution >= 4 is 22.3 Å². The Hall–Kier alpha value is -2.06. The van der Waals surface area contributed by atoms with Crippen molar-refractivity contribution in [3.05, 3.63) is 36.0 Å². The molecule has 1 atom stereocenters. The fourth-order valence-electron chi connectivity index (χ4n) is 1.91. The smallest absolute Gasteiger partial charge is 0.203 e. The summed E-state index contributed by atoms with van der Waals surface area (Å²) in [5.74, 6) is 1.52. The van der Waals surface area contributed by atoms with Crippen LogP contribution >= 0.6 is 11.5 Å². The first-order valence-electron chi connectivity index (χ1n) is 6.15. The predicted molar refractivity (Wildman–Crippen MR) is 75.6 cm³/mol. The lowest BCUT2D eigenvalue weighted by molar-refractivity contribution is 0.179. The normalized spacial score (nSPS) is 12.7. The van der Waals surface area contributed by atoms with Crippen molar-refractivity contribution in [1.82, 2.24) is 24.0 Å². The molecule has 20 heavy (non-hydrogen) atoms. The van der Waals surface area contributed by atoms with Gasteiger partial charge in [-0.25, -0.2) is 4.98 Å². The van der Waals surface area contributed by atoms with Gasteiger partial charge in [0.05, 0.1) is 6.04 Å². The highest BCUT2D eigenvalue weighted by Crippen LogP contribution is 2.20. The largest absolute Gasteiger partial charge is 0.377 e. The van der Waals surface area contributed by atoms with Crippen LogP contribution in [0.1, 0.15) is 24.6 Å². The fraction of sp³-hybridized carbons (Fsp3) is 0.333. The van der Waals surface area contributed by atoms with Gasteiger partial charge in [0, 0.05) is 24.8 Å². The van der Waals surface area contributed by atoms with Crippen LogP contribution < -0.4 is 5.32 Å². The van der Waals surface area contributed by atoms with E-state index in [0.29, 0.717) is 12.4 Å². The Morgan fingerprint density at radius 2 is 2.30 bits per heavy atom. The second-order valence-corrected chi connectivity index (χ2v) is 5.05. The number of nitrogens with zero attached hydrogens (tertiary/aromatic N) is 5. The van der Waals surface area contributed by atoms with Gasteiger partial charge >= 0.3 is 0 Å². The third-order valence-electron chi connectivity index (χ3n) is 2.81. The maximum absolute atomic E-state index is 5.00. The van der Waals surface area contributed by atoms with E-state index in [2.05, 4.69) is 24.9 Å². The molecule has 0 aliphatic carbocycles. The second-order valence-electron chi connectivity index (χ2n) is 4.30. The van der Waals surface area contributed by atoms with Crippen LogP contribution in [0.5, 0.6) is 0 Å². The van der Waals surface area contributed by atoms with Gasteiger partial charge in [0.15, 0.2) is 17.3 Å². The van der Waals surface area contributed by atoms with Crippen LogP contribution in [-0.4, -0.2) is 31.1 Å². The van der Waals surface area contributed by atoms with Gasteiger partial charge in [-0.15, -0.1) is 10.2 Å². The van der Waals surface area contributed by atoms with E-state index >= 15 is 0 Å². The number of hydrogen-bond donors (Lipinski definition) is 1. The molecular formula is C12H14N6OS. The summed E-state index contributed by atoms with van der Waals surface area (Å²) in [6, 6.07) is 5.79. The van der Waals surface area contributed by atoms with Crippen LogP contribution in [-0.2, 0) is 11.3 Å². The topological polar surface area (TPSA) is 77.2 Å². The first-order valence-corrected chi connectivity index (χ1v) is 6.93. The number of methoxy groups -OCH3 is 1. The molecule has 8 heteroatoms. The molecule has 0 saturated heterocycles. The standard InChI is InChI=1S/C12H14N6OS/c1-8(13-12-14-9(7-19-2)17-20-12)11-16-15-10-5-3-4-6-18(10)11/h3-6,8H,7H2,1-2H3,(H,13,14,17). The molecule has 7 nitrogen and oxygen atoms in total. The van der Waals surface area contributed by atoms with E-state index in [1.54, 1.807) is 7.11 Å². The molecule has 0 aromatic carbocycles. The van der Waals surface area contributed by atoms with Crippen LogP contribution in [0.25, 0.3) is 5.65 Å².